The van der Waals surface area contributed by atoms with Crippen LogP contribution in [-0.2, 0) is 4.79 Å². The fourth-order valence-corrected chi connectivity index (χ4v) is 3.53. The van der Waals surface area contributed by atoms with Gasteiger partial charge in [-0.05, 0) is 69.6 Å². The molecular formula is C17H33N3O. The topological polar surface area (TPSA) is 44.4 Å². The Kier molecular flexibility index (Phi) is 6.97. The van der Waals surface area contributed by atoms with Crippen LogP contribution in [0.1, 0.15) is 46.0 Å². The molecule has 2 aliphatic heterocycles. The van der Waals surface area contributed by atoms with E-state index in [0.29, 0.717) is 18.3 Å². The van der Waals surface area contributed by atoms with Gasteiger partial charge in [-0.2, -0.15) is 0 Å². The van der Waals surface area contributed by atoms with Gasteiger partial charge in [-0.25, -0.2) is 0 Å². The van der Waals surface area contributed by atoms with E-state index in [2.05, 4.69) is 29.4 Å². The first-order valence-corrected chi connectivity index (χ1v) is 8.85. The van der Waals surface area contributed by atoms with Gasteiger partial charge in [-0.15, -0.1) is 0 Å². The number of likely N-dealkylation sites (tertiary alicyclic amines) is 1. The molecule has 2 aliphatic rings. The van der Waals surface area contributed by atoms with Gasteiger partial charge >= 0.3 is 0 Å². The van der Waals surface area contributed by atoms with E-state index in [1.807, 2.05) is 0 Å². The number of piperidine rings is 2. The maximum absolute atomic E-state index is 12.0. The molecule has 0 aliphatic carbocycles. The molecule has 2 N–H and O–H groups in total. The number of rotatable bonds is 6. The van der Waals surface area contributed by atoms with E-state index in [4.69, 9.17) is 0 Å². The van der Waals surface area contributed by atoms with Gasteiger partial charge in [0.05, 0.1) is 0 Å². The second kappa shape index (κ2) is 8.74. The minimum absolute atomic E-state index is 0.235. The molecule has 2 heterocycles. The van der Waals surface area contributed by atoms with Gasteiger partial charge in [0.15, 0.2) is 0 Å². The quantitative estimate of drug-likeness (QED) is 0.786. The molecule has 2 rings (SSSR count). The Labute approximate surface area is 130 Å². The molecule has 2 atom stereocenters. The SMILES string of the molecule is CC1CCN(CCNC(=O)CC(C)C2CCCNC2)CC1. The van der Waals surface area contributed by atoms with Crippen LogP contribution < -0.4 is 10.6 Å². The van der Waals surface area contributed by atoms with Crippen LogP contribution in [-0.4, -0.2) is 50.1 Å². The lowest BCUT2D eigenvalue weighted by atomic mass is 9.85. The molecule has 0 aromatic heterocycles. The zero-order valence-electron chi connectivity index (χ0n) is 13.9. The molecule has 4 nitrogen and oxygen atoms in total. The zero-order valence-corrected chi connectivity index (χ0v) is 13.9. The highest BCUT2D eigenvalue weighted by Gasteiger charge is 2.22. The monoisotopic (exact) mass is 295 g/mol. The number of hydrogen-bond donors (Lipinski definition) is 2. The van der Waals surface area contributed by atoms with E-state index in [-0.39, 0.29) is 5.91 Å². The van der Waals surface area contributed by atoms with E-state index >= 15 is 0 Å². The molecule has 4 heteroatoms. The summed E-state index contributed by atoms with van der Waals surface area (Å²) in [6.07, 6.45) is 5.82. The largest absolute Gasteiger partial charge is 0.355 e. The van der Waals surface area contributed by atoms with Crippen molar-refractivity contribution in [1.82, 2.24) is 15.5 Å². The van der Waals surface area contributed by atoms with Crippen molar-refractivity contribution in [2.24, 2.45) is 17.8 Å². The molecule has 0 spiro atoms. The van der Waals surface area contributed by atoms with Crippen molar-refractivity contribution < 1.29 is 4.79 Å². The zero-order chi connectivity index (χ0) is 15.1. The molecule has 2 fully saturated rings. The van der Waals surface area contributed by atoms with Gasteiger partial charge in [0.1, 0.15) is 0 Å². The molecule has 2 saturated heterocycles. The molecule has 0 saturated carbocycles. The number of hydrogen-bond acceptors (Lipinski definition) is 3. The summed E-state index contributed by atoms with van der Waals surface area (Å²) >= 11 is 0. The lowest BCUT2D eigenvalue weighted by Crippen LogP contribution is -2.40. The Morgan fingerprint density at radius 3 is 2.76 bits per heavy atom. The van der Waals surface area contributed by atoms with Crippen molar-refractivity contribution in [1.29, 1.82) is 0 Å². The maximum atomic E-state index is 12.0. The average Bonchev–Trinajstić information content (AvgIpc) is 2.50. The van der Waals surface area contributed by atoms with Crippen LogP contribution in [0.5, 0.6) is 0 Å². The summed E-state index contributed by atoms with van der Waals surface area (Å²) in [5, 5.41) is 6.55. The molecule has 122 valence electrons. The molecular weight excluding hydrogens is 262 g/mol. The first-order valence-electron chi connectivity index (χ1n) is 8.85. The van der Waals surface area contributed by atoms with Crippen LogP contribution in [0.4, 0.5) is 0 Å². The summed E-state index contributed by atoms with van der Waals surface area (Å²) in [7, 11) is 0. The van der Waals surface area contributed by atoms with E-state index in [1.54, 1.807) is 0 Å². The third kappa shape index (κ3) is 5.95. The van der Waals surface area contributed by atoms with Gasteiger partial charge < -0.3 is 15.5 Å². The lowest BCUT2D eigenvalue weighted by molar-refractivity contribution is -0.122. The molecule has 1 amide bonds. The van der Waals surface area contributed by atoms with Crippen LogP contribution in [0.25, 0.3) is 0 Å². The molecule has 0 aromatic rings. The van der Waals surface area contributed by atoms with E-state index in [1.165, 1.54) is 38.8 Å². The van der Waals surface area contributed by atoms with Crippen molar-refractivity contribution in [3.05, 3.63) is 0 Å². The molecule has 0 radical (unpaired) electrons. The number of nitrogens with zero attached hydrogens (tertiary/aromatic N) is 1. The fourth-order valence-electron chi connectivity index (χ4n) is 3.53. The Hall–Kier alpha value is -0.610. The lowest BCUT2D eigenvalue weighted by Gasteiger charge is -2.30. The fraction of sp³-hybridized carbons (Fsp3) is 0.941. The van der Waals surface area contributed by atoms with E-state index < -0.39 is 0 Å². The Morgan fingerprint density at radius 1 is 1.33 bits per heavy atom. The summed E-state index contributed by atoms with van der Waals surface area (Å²) in [5.41, 5.74) is 0. The standard InChI is InChI=1S/C17H33N3O/c1-14-5-9-20(10-6-14)11-8-19-17(21)12-15(2)16-4-3-7-18-13-16/h14-16,18H,3-13H2,1-2H3,(H,19,21). The highest BCUT2D eigenvalue weighted by Crippen LogP contribution is 2.22. The van der Waals surface area contributed by atoms with Gasteiger partial charge in [-0.3, -0.25) is 4.79 Å². The number of nitrogens with one attached hydrogen (secondary N) is 2. The minimum Gasteiger partial charge on any atom is -0.355 e. The molecule has 0 aromatic carbocycles. The van der Waals surface area contributed by atoms with Gasteiger partial charge in [0.25, 0.3) is 0 Å². The van der Waals surface area contributed by atoms with Crippen molar-refractivity contribution in [3.8, 4) is 0 Å². The van der Waals surface area contributed by atoms with Crippen molar-refractivity contribution in [2.45, 2.75) is 46.0 Å². The molecule has 0 bridgehead atoms. The highest BCUT2D eigenvalue weighted by atomic mass is 16.1. The van der Waals surface area contributed by atoms with Crippen LogP contribution in [0.2, 0.25) is 0 Å². The van der Waals surface area contributed by atoms with Crippen LogP contribution in [0, 0.1) is 17.8 Å². The summed E-state index contributed by atoms with van der Waals surface area (Å²) < 4.78 is 0. The second-order valence-corrected chi connectivity index (χ2v) is 7.16. The Balaban J connectivity index is 1.56. The van der Waals surface area contributed by atoms with Crippen LogP contribution in [0.15, 0.2) is 0 Å². The second-order valence-electron chi connectivity index (χ2n) is 7.16. The summed E-state index contributed by atoms with van der Waals surface area (Å²) in [6.45, 7) is 11.0. The predicted octanol–water partition coefficient (Wildman–Crippen LogP) is 1.86. The van der Waals surface area contributed by atoms with E-state index in [9.17, 15) is 4.79 Å². The minimum atomic E-state index is 0.235. The van der Waals surface area contributed by atoms with Crippen molar-refractivity contribution >= 4 is 5.91 Å². The highest BCUT2D eigenvalue weighted by molar-refractivity contribution is 5.76. The van der Waals surface area contributed by atoms with E-state index in [0.717, 1.165) is 32.1 Å². The third-order valence-corrected chi connectivity index (χ3v) is 5.27. The van der Waals surface area contributed by atoms with Crippen molar-refractivity contribution in [2.75, 3.05) is 39.3 Å². The van der Waals surface area contributed by atoms with Crippen LogP contribution >= 0.6 is 0 Å². The molecule has 2 unspecified atom stereocenters. The smallest absolute Gasteiger partial charge is 0.220 e. The first kappa shape index (κ1) is 16.8. The maximum Gasteiger partial charge on any atom is 0.220 e. The summed E-state index contributed by atoms with van der Waals surface area (Å²) in [6, 6.07) is 0. The number of carbonyl (C=O) groups is 1. The van der Waals surface area contributed by atoms with Gasteiger partial charge in [0.2, 0.25) is 5.91 Å². The molecule has 21 heavy (non-hydrogen) atoms. The number of carbonyl (C=O) groups excluding carboxylic acids is 1. The normalized spacial score (nSPS) is 26.5. The van der Waals surface area contributed by atoms with Gasteiger partial charge in [-0.1, -0.05) is 13.8 Å². The average molecular weight is 295 g/mol. The summed E-state index contributed by atoms with van der Waals surface area (Å²) in [4.78, 5) is 14.5. The summed E-state index contributed by atoms with van der Waals surface area (Å²) in [5.74, 6) is 2.28. The third-order valence-electron chi connectivity index (χ3n) is 5.27. The first-order chi connectivity index (χ1) is 10.1. The number of amides is 1. The van der Waals surface area contributed by atoms with Crippen LogP contribution in [0.3, 0.4) is 0 Å². The van der Waals surface area contributed by atoms with Crippen molar-refractivity contribution in [3.63, 3.8) is 0 Å². The Morgan fingerprint density at radius 2 is 2.10 bits per heavy atom. The predicted molar refractivity (Wildman–Crippen MR) is 87.2 cm³/mol. The van der Waals surface area contributed by atoms with Gasteiger partial charge in [0, 0.05) is 19.5 Å². The Bertz CT molecular complexity index is 307.